The summed E-state index contributed by atoms with van der Waals surface area (Å²) in [4.78, 5) is 6.53. The maximum Gasteiger partial charge on any atom is 0.148 e. The molecule has 0 amide bonds. The summed E-state index contributed by atoms with van der Waals surface area (Å²) in [5.74, 6) is 0.473. The van der Waals surface area contributed by atoms with Crippen LogP contribution in [0.15, 0.2) is 6.20 Å². The summed E-state index contributed by atoms with van der Waals surface area (Å²) in [6, 6.07) is 0.173. The Balaban J connectivity index is 1.98. The van der Waals surface area contributed by atoms with Crippen molar-refractivity contribution in [2.75, 3.05) is 39.4 Å². The molecule has 0 spiro atoms. The maximum absolute atomic E-state index is 6.48. The summed E-state index contributed by atoms with van der Waals surface area (Å²) in [5, 5.41) is 4.81. The minimum atomic E-state index is 0.173. The zero-order valence-corrected chi connectivity index (χ0v) is 14.6. The van der Waals surface area contributed by atoms with E-state index in [4.69, 9.17) is 39.5 Å². The minimum absolute atomic E-state index is 0.173. The van der Waals surface area contributed by atoms with Crippen LogP contribution in [0.2, 0.25) is 15.2 Å². The Morgan fingerprint density at radius 1 is 1.18 bits per heavy atom. The number of halogens is 3. The van der Waals surface area contributed by atoms with E-state index in [1.807, 2.05) is 0 Å². The van der Waals surface area contributed by atoms with Crippen molar-refractivity contribution < 1.29 is 4.74 Å². The van der Waals surface area contributed by atoms with Crippen LogP contribution in [0.1, 0.15) is 24.4 Å². The molecule has 1 N–H and O–H groups in total. The van der Waals surface area contributed by atoms with Crippen LogP contribution < -0.4 is 5.32 Å². The van der Waals surface area contributed by atoms with Gasteiger partial charge in [-0.2, -0.15) is 0 Å². The molecule has 122 valence electrons. The molecule has 3 rings (SSSR count). The first-order chi connectivity index (χ1) is 10.7. The van der Waals surface area contributed by atoms with Gasteiger partial charge in [-0.05, 0) is 18.8 Å². The number of hydrogen-bond donors (Lipinski definition) is 1. The summed E-state index contributed by atoms with van der Waals surface area (Å²) >= 11 is 19.1. The number of hydrogen-bond acceptors (Lipinski definition) is 4. The van der Waals surface area contributed by atoms with Crippen LogP contribution in [0, 0.1) is 5.92 Å². The number of nitrogens with one attached hydrogen (secondary N) is 1. The van der Waals surface area contributed by atoms with Gasteiger partial charge in [-0.1, -0.05) is 34.8 Å². The largest absolute Gasteiger partial charge is 0.381 e. The SMILES string of the molecule is Clc1cnc(Cl)c(Cl)c1[C@@H](C1CCOCC1)N1CCNCC1. The van der Waals surface area contributed by atoms with Gasteiger partial charge in [-0.25, -0.2) is 4.98 Å². The zero-order valence-electron chi connectivity index (χ0n) is 12.3. The standard InChI is InChI=1S/C15H20Cl3N3O/c16-11-9-20-15(18)13(17)12(11)14(10-1-7-22-8-2-10)21-5-3-19-4-6-21/h9-10,14,19H,1-8H2/t14-/m1/s1. The number of ether oxygens (including phenoxy) is 1. The molecule has 1 aromatic rings. The summed E-state index contributed by atoms with van der Waals surface area (Å²) < 4.78 is 5.52. The Bertz CT molecular complexity index is 499. The van der Waals surface area contributed by atoms with Gasteiger partial charge in [0.15, 0.2) is 0 Å². The average Bonchev–Trinajstić information content (AvgIpc) is 2.57. The van der Waals surface area contributed by atoms with Crippen molar-refractivity contribution in [3.8, 4) is 0 Å². The second kappa shape index (κ2) is 7.65. The van der Waals surface area contributed by atoms with E-state index >= 15 is 0 Å². The second-order valence-corrected chi connectivity index (χ2v) is 6.95. The second-order valence-electron chi connectivity index (χ2n) is 5.81. The fraction of sp³-hybridized carbons (Fsp3) is 0.667. The molecule has 0 aliphatic carbocycles. The minimum Gasteiger partial charge on any atom is -0.381 e. The highest BCUT2D eigenvalue weighted by Crippen LogP contribution is 2.43. The molecule has 2 aliphatic rings. The highest BCUT2D eigenvalue weighted by atomic mass is 35.5. The van der Waals surface area contributed by atoms with E-state index in [0.29, 0.717) is 21.1 Å². The Hall–Kier alpha value is -0.100. The van der Waals surface area contributed by atoms with Gasteiger partial charge in [0.05, 0.1) is 10.0 Å². The highest BCUT2D eigenvalue weighted by molar-refractivity contribution is 6.43. The van der Waals surface area contributed by atoms with E-state index in [9.17, 15) is 0 Å². The molecule has 7 heteroatoms. The first kappa shape index (κ1) is 16.7. The smallest absolute Gasteiger partial charge is 0.148 e. The lowest BCUT2D eigenvalue weighted by atomic mass is 9.86. The average molecular weight is 365 g/mol. The molecule has 2 aliphatic heterocycles. The summed E-state index contributed by atoms with van der Waals surface area (Å²) in [6.07, 6.45) is 3.64. The van der Waals surface area contributed by atoms with Crippen molar-refractivity contribution >= 4 is 34.8 Å². The fourth-order valence-corrected chi connectivity index (χ4v) is 4.15. The molecule has 4 nitrogen and oxygen atoms in total. The number of piperazine rings is 1. The first-order valence-corrected chi connectivity index (χ1v) is 8.83. The van der Waals surface area contributed by atoms with Gasteiger partial charge >= 0.3 is 0 Å². The van der Waals surface area contributed by atoms with Gasteiger partial charge in [0.2, 0.25) is 0 Å². The van der Waals surface area contributed by atoms with Crippen LogP contribution >= 0.6 is 34.8 Å². The molecular weight excluding hydrogens is 345 g/mol. The topological polar surface area (TPSA) is 37.4 Å². The lowest BCUT2D eigenvalue weighted by Crippen LogP contribution is -2.47. The summed E-state index contributed by atoms with van der Waals surface area (Å²) in [7, 11) is 0. The predicted molar refractivity (Wildman–Crippen MR) is 90.0 cm³/mol. The van der Waals surface area contributed by atoms with Gasteiger partial charge in [0.1, 0.15) is 5.15 Å². The maximum atomic E-state index is 6.48. The predicted octanol–water partition coefficient (Wildman–Crippen LogP) is 3.41. The Morgan fingerprint density at radius 3 is 2.55 bits per heavy atom. The summed E-state index contributed by atoms with van der Waals surface area (Å²) in [6.45, 7) is 5.51. The number of rotatable bonds is 3. The van der Waals surface area contributed by atoms with Crippen LogP contribution in [0.5, 0.6) is 0 Å². The van der Waals surface area contributed by atoms with Crippen molar-refractivity contribution in [1.29, 1.82) is 0 Å². The Labute approximate surface area is 146 Å². The van der Waals surface area contributed by atoms with Crippen LogP contribution in [0.4, 0.5) is 0 Å². The van der Waals surface area contributed by atoms with Gasteiger partial charge < -0.3 is 10.1 Å². The normalized spacial score (nSPS) is 22.7. The van der Waals surface area contributed by atoms with Gasteiger partial charge in [-0.15, -0.1) is 0 Å². The van der Waals surface area contributed by atoms with E-state index in [2.05, 4.69) is 15.2 Å². The molecule has 3 heterocycles. The van der Waals surface area contributed by atoms with Crippen molar-refractivity contribution in [1.82, 2.24) is 15.2 Å². The first-order valence-electron chi connectivity index (χ1n) is 7.70. The van der Waals surface area contributed by atoms with E-state index in [1.165, 1.54) is 0 Å². The third-order valence-corrected chi connectivity index (χ3v) is 5.59. The molecule has 2 fully saturated rings. The number of pyridine rings is 1. The molecule has 2 saturated heterocycles. The highest BCUT2D eigenvalue weighted by Gasteiger charge is 2.34. The quantitative estimate of drug-likeness (QED) is 0.834. The lowest BCUT2D eigenvalue weighted by Gasteiger charge is -2.41. The molecule has 22 heavy (non-hydrogen) atoms. The molecule has 1 aromatic heterocycles. The van der Waals surface area contributed by atoms with Crippen molar-refractivity contribution in [3.05, 3.63) is 27.0 Å². The zero-order chi connectivity index (χ0) is 15.5. The van der Waals surface area contributed by atoms with Crippen LogP contribution in [-0.4, -0.2) is 49.3 Å². The molecule has 0 unspecified atom stereocenters. The van der Waals surface area contributed by atoms with Gasteiger partial charge in [0, 0.05) is 57.2 Å². The van der Waals surface area contributed by atoms with Crippen LogP contribution in [0.3, 0.4) is 0 Å². The van der Waals surface area contributed by atoms with E-state index < -0.39 is 0 Å². The summed E-state index contributed by atoms with van der Waals surface area (Å²) in [5.41, 5.74) is 0.928. The van der Waals surface area contributed by atoms with Gasteiger partial charge in [0.25, 0.3) is 0 Å². The third-order valence-electron chi connectivity index (χ3n) is 4.52. The molecule has 0 bridgehead atoms. The van der Waals surface area contributed by atoms with Crippen molar-refractivity contribution in [2.24, 2.45) is 5.92 Å². The third kappa shape index (κ3) is 3.53. The molecule has 0 saturated carbocycles. The molecule has 0 radical (unpaired) electrons. The monoisotopic (exact) mass is 363 g/mol. The van der Waals surface area contributed by atoms with E-state index in [1.54, 1.807) is 6.20 Å². The molecular formula is C15H20Cl3N3O. The van der Waals surface area contributed by atoms with Crippen molar-refractivity contribution in [2.45, 2.75) is 18.9 Å². The molecule has 1 atom stereocenters. The Kier molecular flexibility index (Phi) is 5.82. The Morgan fingerprint density at radius 2 is 1.86 bits per heavy atom. The lowest BCUT2D eigenvalue weighted by molar-refractivity contribution is 0.0213. The fourth-order valence-electron chi connectivity index (χ4n) is 3.43. The van der Waals surface area contributed by atoms with E-state index in [-0.39, 0.29) is 6.04 Å². The van der Waals surface area contributed by atoms with E-state index in [0.717, 1.165) is 57.8 Å². The number of aromatic nitrogens is 1. The van der Waals surface area contributed by atoms with Crippen LogP contribution in [0.25, 0.3) is 0 Å². The van der Waals surface area contributed by atoms with Gasteiger partial charge in [-0.3, -0.25) is 4.90 Å². The van der Waals surface area contributed by atoms with Crippen molar-refractivity contribution in [3.63, 3.8) is 0 Å². The number of nitrogens with zero attached hydrogens (tertiary/aromatic N) is 2. The molecule has 0 aromatic carbocycles. The van der Waals surface area contributed by atoms with Crippen LogP contribution in [-0.2, 0) is 4.74 Å².